The number of ether oxygens (including phenoxy) is 1. The van der Waals surface area contributed by atoms with Crippen LogP contribution < -0.4 is 11.1 Å². The second kappa shape index (κ2) is 9.13. The van der Waals surface area contributed by atoms with Gasteiger partial charge in [-0.3, -0.25) is 4.79 Å². The van der Waals surface area contributed by atoms with E-state index in [4.69, 9.17) is 10.5 Å². The zero-order valence-corrected chi connectivity index (χ0v) is 12.2. The van der Waals surface area contributed by atoms with Crippen molar-refractivity contribution in [2.75, 3.05) is 25.6 Å². The number of carbonyl (C=O) groups is 1. The standard InChI is InChI=1S/C16H22N2O2/c1-3-14-12-13(6-4-10-17)8-9-15(14)18-16(19)7-5-11-20-2/h8-9,12H,3,5,7,10-11,17H2,1-2H3,(H,18,19). The smallest absolute Gasteiger partial charge is 0.224 e. The third kappa shape index (κ3) is 5.43. The summed E-state index contributed by atoms with van der Waals surface area (Å²) in [6.45, 7) is 3.00. The fourth-order valence-corrected chi connectivity index (χ4v) is 1.83. The molecule has 3 N–H and O–H groups in total. The van der Waals surface area contributed by atoms with E-state index in [1.54, 1.807) is 7.11 Å². The second-order valence-corrected chi connectivity index (χ2v) is 4.38. The van der Waals surface area contributed by atoms with Crippen LogP contribution in [0.4, 0.5) is 5.69 Å². The molecule has 20 heavy (non-hydrogen) atoms. The average molecular weight is 274 g/mol. The van der Waals surface area contributed by atoms with Gasteiger partial charge in [0.1, 0.15) is 0 Å². The monoisotopic (exact) mass is 274 g/mol. The van der Waals surface area contributed by atoms with Crippen LogP contribution in [-0.2, 0) is 16.0 Å². The molecule has 1 rings (SSSR count). The zero-order valence-electron chi connectivity index (χ0n) is 12.2. The average Bonchev–Trinajstić information content (AvgIpc) is 2.46. The Balaban J connectivity index is 2.72. The van der Waals surface area contributed by atoms with E-state index in [0.29, 0.717) is 19.6 Å². The van der Waals surface area contributed by atoms with E-state index < -0.39 is 0 Å². The van der Waals surface area contributed by atoms with Crippen LogP contribution in [0.1, 0.15) is 30.9 Å². The number of carbonyl (C=O) groups excluding carboxylic acids is 1. The summed E-state index contributed by atoms with van der Waals surface area (Å²) in [5, 5.41) is 2.94. The number of amides is 1. The summed E-state index contributed by atoms with van der Waals surface area (Å²) in [5.41, 5.74) is 8.21. The normalized spacial score (nSPS) is 9.75. The van der Waals surface area contributed by atoms with E-state index in [2.05, 4.69) is 24.1 Å². The summed E-state index contributed by atoms with van der Waals surface area (Å²) in [7, 11) is 1.63. The molecule has 0 fully saturated rings. The molecule has 1 aromatic rings. The topological polar surface area (TPSA) is 64.3 Å². The molecule has 4 nitrogen and oxygen atoms in total. The Bertz CT molecular complexity index is 501. The maximum Gasteiger partial charge on any atom is 0.224 e. The number of rotatable bonds is 6. The van der Waals surface area contributed by atoms with Crippen molar-refractivity contribution in [3.63, 3.8) is 0 Å². The van der Waals surface area contributed by atoms with Crippen molar-refractivity contribution in [3.05, 3.63) is 29.3 Å². The van der Waals surface area contributed by atoms with Crippen molar-refractivity contribution in [1.82, 2.24) is 0 Å². The number of hydrogen-bond donors (Lipinski definition) is 2. The second-order valence-electron chi connectivity index (χ2n) is 4.38. The minimum atomic E-state index is 0.0116. The molecule has 0 aromatic heterocycles. The minimum absolute atomic E-state index is 0.0116. The van der Waals surface area contributed by atoms with Gasteiger partial charge < -0.3 is 15.8 Å². The molecule has 108 valence electrons. The quantitative estimate of drug-likeness (QED) is 0.615. The van der Waals surface area contributed by atoms with Crippen molar-refractivity contribution >= 4 is 11.6 Å². The molecular weight excluding hydrogens is 252 g/mol. The van der Waals surface area contributed by atoms with Gasteiger partial charge >= 0.3 is 0 Å². The lowest BCUT2D eigenvalue weighted by Gasteiger charge is -2.10. The van der Waals surface area contributed by atoms with Gasteiger partial charge in [0, 0.05) is 31.4 Å². The summed E-state index contributed by atoms with van der Waals surface area (Å²) >= 11 is 0. The first kappa shape index (κ1) is 16.2. The largest absolute Gasteiger partial charge is 0.385 e. The molecule has 0 spiro atoms. The maximum atomic E-state index is 11.8. The molecular formula is C16H22N2O2. The van der Waals surface area contributed by atoms with Crippen molar-refractivity contribution in [3.8, 4) is 11.8 Å². The Labute approximate surface area is 120 Å². The number of anilines is 1. The van der Waals surface area contributed by atoms with Crippen molar-refractivity contribution < 1.29 is 9.53 Å². The molecule has 0 aliphatic carbocycles. The molecule has 0 unspecified atom stereocenters. The summed E-state index contributed by atoms with van der Waals surface area (Å²) < 4.78 is 4.94. The summed E-state index contributed by atoms with van der Waals surface area (Å²) in [4.78, 5) is 11.8. The van der Waals surface area contributed by atoms with E-state index in [9.17, 15) is 4.79 Å². The molecule has 0 bridgehead atoms. The maximum absolute atomic E-state index is 11.8. The lowest BCUT2D eigenvalue weighted by Crippen LogP contribution is -2.13. The fourth-order valence-electron chi connectivity index (χ4n) is 1.83. The molecule has 0 aliphatic heterocycles. The van der Waals surface area contributed by atoms with Gasteiger partial charge in [-0.05, 0) is 36.6 Å². The fraction of sp³-hybridized carbons (Fsp3) is 0.438. The van der Waals surface area contributed by atoms with Crippen LogP contribution in [0.5, 0.6) is 0 Å². The molecule has 0 heterocycles. The number of nitrogens with one attached hydrogen (secondary N) is 1. The van der Waals surface area contributed by atoms with Crippen LogP contribution in [0.25, 0.3) is 0 Å². The highest BCUT2D eigenvalue weighted by molar-refractivity contribution is 5.91. The number of methoxy groups -OCH3 is 1. The van der Waals surface area contributed by atoms with E-state index in [1.807, 2.05) is 18.2 Å². The van der Waals surface area contributed by atoms with Crippen LogP contribution in [0.15, 0.2) is 18.2 Å². The molecule has 0 atom stereocenters. The molecule has 4 heteroatoms. The number of aryl methyl sites for hydroxylation is 1. The molecule has 0 radical (unpaired) electrons. The molecule has 1 aromatic carbocycles. The van der Waals surface area contributed by atoms with Gasteiger partial charge in [-0.15, -0.1) is 0 Å². The SMILES string of the molecule is CCc1cc(C#CCN)ccc1NC(=O)CCCOC. The zero-order chi connectivity index (χ0) is 14.8. The Morgan fingerprint density at radius 2 is 2.25 bits per heavy atom. The Morgan fingerprint density at radius 1 is 1.45 bits per heavy atom. The summed E-state index contributed by atoms with van der Waals surface area (Å²) in [6, 6.07) is 5.79. The Morgan fingerprint density at radius 3 is 2.90 bits per heavy atom. The van der Waals surface area contributed by atoms with E-state index in [1.165, 1.54) is 0 Å². The third-order valence-corrected chi connectivity index (χ3v) is 2.85. The predicted octanol–water partition coefficient (Wildman–Crippen LogP) is 1.92. The number of nitrogens with two attached hydrogens (primary N) is 1. The molecule has 1 amide bonds. The van der Waals surface area contributed by atoms with E-state index >= 15 is 0 Å². The predicted molar refractivity (Wildman–Crippen MR) is 81.5 cm³/mol. The lowest BCUT2D eigenvalue weighted by molar-refractivity contribution is -0.116. The molecule has 0 saturated carbocycles. The molecule has 0 aliphatic rings. The highest BCUT2D eigenvalue weighted by atomic mass is 16.5. The highest BCUT2D eigenvalue weighted by Gasteiger charge is 2.06. The van der Waals surface area contributed by atoms with Crippen LogP contribution in [0, 0.1) is 11.8 Å². The minimum Gasteiger partial charge on any atom is -0.385 e. The van der Waals surface area contributed by atoms with Gasteiger partial charge in [0.2, 0.25) is 5.91 Å². The van der Waals surface area contributed by atoms with Gasteiger partial charge in [0.25, 0.3) is 0 Å². The van der Waals surface area contributed by atoms with Gasteiger partial charge in [0.05, 0.1) is 6.54 Å². The summed E-state index contributed by atoms with van der Waals surface area (Å²) in [6.07, 6.45) is 2.03. The first-order chi connectivity index (χ1) is 9.71. The first-order valence-electron chi connectivity index (χ1n) is 6.82. The van der Waals surface area contributed by atoms with E-state index in [-0.39, 0.29) is 5.91 Å². The first-order valence-corrected chi connectivity index (χ1v) is 6.82. The Hall–Kier alpha value is -1.83. The van der Waals surface area contributed by atoms with Gasteiger partial charge in [0.15, 0.2) is 0 Å². The number of benzene rings is 1. The lowest BCUT2D eigenvalue weighted by atomic mass is 10.1. The van der Waals surface area contributed by atoms with Crippen LogP contribution in [0.3, 0.4) is 0 Å². The highest BCUT2D eigenvalue weighted by Crippen LogP contribution is 2.18. The van der Waals surface area contributed by atoms with Gasteiger partial charge in [-0.1, -0.05) is 18.8 Å². The van der Waals surface area contributed by atoms with E-state index in [0.717, 1.165) is 29.7 Å². The van der Waals surface area contributed by atoms with Crippen molar-refractivity contribution in [1.29, 1.82) is 0 Å². The van der Waals surface area contributed by atoms with Crippen LogP contribution in [0.2, 0.25) is 0 Å². The summed E-state index contributed by atoms with van der Waals surface area (Å²) in [5.74, 6) is 5.84. The van der Waals surface area contributed by atoms with Gasteiger partial charge in [-0.25, -0.2) is 0 Å². The Kier molecular flexibility index (Phi) is 7.41. The van der Waals surface area contributed by atoms with Gasteiger partial charge in [-0.2, -0.15) is 0 Å². The van der Waals surface area contributed by atoms with Crippen molar-refractivity contribution in [2.24, 2.45) is 5.73 Å². The third-order valence-electron chi connectivity index (χ3n) is 2.85. The van der Waals surface area contributed by atoms with Crippen LogP contribution >= 0.6 is 0 Å². The number of hydrogen-bond acceptors (Lipinski definition) is 3. The van der Waals surface area contributed by atoms with Crippen molar-refractivity contribution in [2.45, 2.75) is 26.2 Å². The van der Waals surface area contributed by atoms with Crippen LogP contribution in [-0.4, -0.2) is 26.2 Å². The molecule has 0 saturated heterocycles.